The number of rotatable bonds is 13. The molecule has 0 unspecified atom stereocenters. The highest BCUT2D eigenvalue weighted by atomic mass is 16.5. The molecule has 0 fully saturated rings. The molecule has 1 aliphatic rings. The molecule has 0 saturated heterocycles. The summed E-state index contributed by atoms with van der Waals surface area (Å²) in [4.78, 5) is 44.4. The molecule has 4 aromatic rings. The van der Waals surface area contributed by atoms with Gasteiger partial charge in [-0.2, -0.15) is 0 Å². The SMILES string of the molecule is COC(=O)N[C@H](C(=O)NN(CC[C@@](N)(Cc1ccccc1)C(=O)N[C@H]1c2ccccc2C[C@H]1O)Cc1ccc(-c2ccncc2)cc1)C(C)(C)C. The second-order valence-corrected chi connectivity index (χ2v) is 14.3. The fraction of sp³-hybridized carbons (Fsp3) is 0.350. The van der Waals surface area contributed by atoms with E-state index in [4.69, 9.17) is 10.5 Å². The summed E-state index contributed by atoms with van der Waals surface area (Å²) in [6, 6.07) is 27.5. The van der Waals surface area contributed by atoms with Gasteiger partial charge < -0.3 is 26.2 Å². The number of aliphatic hydroxyl groups is 1. The van der Waals surface area contributed by atoms with Gasteiger partial charge in [0.05, 0.1) is 19.3 Å². The Morgan fingerprint density at radius 1 is 0.922 bits per heavy atom. The van der Waals surface area contributed by atoms with E-state index in [2.05, 4.69) is 21.0 Å². The molecule has 11 heteroatoms. The predicted octanol–water partition coefficient (Wildman–Crippen LogP) is 4.46. The number of hydrogen-bond donors (Lipinski definition) is 5. The molecule has 0 aliphatic heterocycles. The maximum Gasteiger partial charge on any atom is 0.407 e. The van der Waals surface area contributed by atoms with E-state index < -0.39 is 47.0 Å². The number of nitrogens with zero attached hydrogens (tertiary/aromatic N) is 2. The molecule has 268 valence electrons. The Hall–Kier alpha value is -5.10. The van der Waals surface area contributed by atoms with Gasteiger partial charge in [0.2, 0.25) is 5.91 Å². The standard InChI is InChI=1S/C40H48N6O5/c1-39(2,3)35(44-38(50)51-4)36(48)45-46(26-28-14-16-29(17-15-28)30-18-21-42-22-19-30)23-20-40(41,25-27-10-6-5-7-11-27)37(49)43-34-32-13-9-8-12-31(32)24-33(34)47/h5-19,21-22,33-35,47H,20,23-26,41H2,1-4H3,(H,43,49)(H,44,50)(H,45,48)/t33-,34+,35-,40-/m1/s1. The number of aliphatic hydroxyl groups excluding tert-OH is 1. The van der Waals surface area contributed by atoms with Crippen LogP contribution in [-0.4, -0.2) is 64.3 Å². The Kier molecular flexibility index (Phi) is 11.9. The second-order valence-electron chi connectivity index (χ2n) is 14.3. The highest BCUT2D eigenvalue weighted by molar-refractivity contribution is 5.87. The quantitative estimate of drug-likeness (QED) is 0.129. The van der Waals surface area contributed by atoms with Crippen LogP contribution < -0.4 is 21.8 Å². The fourth-order valence-electron chi connectivity index (χ4n) is 6.42. The van der Waals surface area contributed by atoms with E-state index in [0.717, 1.165) is 33.4 Å². The van der Waals surface area contributed by atoms with Gasteiger partial charge in [-0.1, -0.05) is 99.6 Å². The second kappa shape index (κ2) is 16.3. The Labute approximate surface area is 299 Å². The number of ether oxygens (including phenoxy) is 1. The first kappa shape index (κ1) is 37.2. The molecule has 3 aromatic carbocycles. The van der Waals surface area contributed by atoms with E-state index in [9.17, 15) is 19.5 Å². The lowest BCUT2D eigenvalue weighted by Gasteiger charge is -2.35. The molecule has 51 heavy (non-hydrogen) atoms. The third-order valence-electron chi connectivity index (χ3n) is 9.32. The Balaban J connectivity index is 1.41. The normalized spacial score (nSPS) is 17.2. The molecule has 4 atom stereocenters. The van der Waals surface area contributed by atoms with Crippen LogP contribution in [-0.2, 0) is 33.7 Å². The number of hydrogen-bond acceptors (Lipinski definition) is 8. The number of amides is 3. The molecular formula is C40H48N6O5. The van der Waals surface area contributed by atoms with Crippen LogP contribution in [0, 0.1) is 5.41 Å². The maximum atomic E-state index is 14.2. The molecular weight excluding hydrogens is 644 g/mol. The molecule has 1 aromatic heterocycles. The van der Waals surface area contributed by atoms with Crippen molar-refractivity contribution < 1.29 is 24.2 Å². The number of benzene rings is 3. The summed E-state index contributed by atoms with van der Waals surface area (Å²) in [5, 5.41) is 18.4. The van der Waals surface area contributed by atoms with Gasteiger partial charge in [-0.25, -0.2) is 9.80 Å². The van der Waals surface area contributed by atoms with Crippen molar-refractivity contribution in [2.75, 3.05) is 13.7 Å². The summed E-state index contributed by atoms with van der Waals surface area (Å²) in [5.41, 5.74) is 13.7. The molecule has 0 saturated carbocycles. The molecule has 0 bridgehead atoms. The topological polar surface area (TPSA) is 159 Å². The van der Waals surface area contributed by atoms with E-state index >= 15 is 0 Å². The lowest BCUT2D eigenvalue weighted by molar-refractivity contribution is -0.131. The van der Waals surface area contributed by atoms with Gasteiger partial charge in [0.15, 0.2) is 0 Å². The highest BCUT2D eigenvalue weighted by Gasteiger charge is 2.40. The van der Waals surface area contributed by atoms with Crippen LogP contribution in [0.4, 0.5) is 4.79 Å². The Bertz CT molecular complexity index is 1780. The number of carbonyl (C=O) groups excluding carboxylic acids is 3. The zero-order chi connectivity index (χ0) is 36.6. The summed E-state index contributed by atoms with van der Waals surface area (Å²) in [7, 11) is 1.25. The minimum absolute atomic E-state index is 0.151. The zero-order valence-electron chi connectivity index (χ0n) is 29.6. The van der Waals surface area contributed by atoms with Gasteiger partial charge in [0.1, 0.15) is 11.6 Å². The van der Waals surface area contributed by atoms with Crippen LogP contribution in [0.25, 0.3) is 11.1 Å². The summed E-state index contributed by atoms with van der Waals surface area (Å²) in [6.07, 6.45) is 2.79. The van der Waals surface area contributed by atoms with Crippen molar-refractivity contribution in [3.05, 3.63) is 126 Å². The van der Waals surface area contributed by atoms with E-state index in [1.54, 1.807) is 17.4 Å². The molecule has 3 amide bonds. The molecule has 1 aliphatic carbocycles. The minimum Gasteiger partial charge on any atom is -0.453 e. The molecule has 0 radical (unpaired) electrons. The first-order chi connectivity index (χ1) is 24.4. The summed E-state index contributed by atoms with van der Waals surface area (Å²) in [6.45, 7) is 6.02. The van der Waals surface area contributed by atoms with E-state index in [-0.39, 0.29) is 25.9 Å². The van der Waals surface area contributed by atoms with Crippen LogP contribution in [0.3, 0.4) is 0 Å². The number of carbonyl (C=O) groups is 3. The van der Waals surface area contributed by atoms with Crippen LogP contribution in [0.1, 0.15) is 55.5 Å². The minimum atomic E-state index is -1.42. The number of nitrogens with two attached hydrogens (primary N) is 1. The van der Waals surface area contributed by atoms with Gasteiger partial charge in [0, 0.05) is 31.9 Å². The fourth-order valence-corrected chi connectivity index (χ4v) is 6.42. The van der Waals surface area contributed by atoms with E-state index in [1.807, 2.05) is 112 Å². The highest BCUT2D eigenvalue weighted by Crippen LogP contribution is 2.32. The van der Waals surface area contributed by atoms with Crippen molar-refractivity contribution in [3.8, 4) is 11.1 Å². The van der Waals surface area contributed by atoms with Crippen LogP contribution in [0.5, 0.6) is 0 Å². The Morgan fingerprint density at radius 2 is 1.57 bits per heavy atom. The van der Waals surface area contributed by atoms with Gasteiger partial charge in [0.25, 0.3) is 5.91 Å². The lowest BCUT2D eigenvalue weighted by atomic mass is 9.86. The average molecular weight is 693 g/mol. The molecule has 0 spiro atoms. The van der Waals surface area contributed by atoms with Gasteiger partial charge in [-0.05, 0) is 63.8 Å². The van der Waals surface area contributed by atoms with E-state index in [0.29, 0.717) is 6.42 Å². The Morgan fingerprint density at radius 3 is 2.24 bits per heavy atom. The number of aromatic nitrogens is 1. The van der Waals surface area contributed by atoms with Crippen LogP contribution in [0.2, 0.25) is 0 Å². The van der Waals surface area contributed by atoms with Crippen molar-refractivity contribution in [3.63, 3.8) is 0 Å². The first-order valence-corrected chi connectivity index (χ1v) is 17.2. The molecule has 5 rings (SSSR count). The largest absolute Gasteiger partial charge is 0.453 e. The number of nitrogens with one attached hydrogen (secondary N) is 3. The van der Waals surface area contributed by atoms with Crippen molar-refractivity contribution in [1.82, 2.24) is 26.1 Å². The summed E-state index contributed by atoms with van der Waals surface area (Å²) < 4.78 is 4.81. The predicted molar refractivity (Wildman–Crippen MR) is 196 cm³/mol. The van der Waals surface area contributed by atoms with Crippen molar-refractivity contribution in [1.29, 1.82) is 0 Å². The molecule has 11 nitrogen and oxygen atoms in total. The third kappa shape index (κ3) is 9.57. The summed E-state index contributed by atoms with van der Waals surface area (Å²) in [5.74, 6) is -0.845. The average Bonchev–Trinajstić information content (AvgIpc) is 3.44. The van der Waals surface area contributed by atoms with Gasteiger partial charge >= 0.3 is 6.09 Å². The number of alkyl carbamates (subject to hydrolysis) is 1. The smallest absolute Gasteiger partial charge is 0.407 e. The monoisotopic (exact) mass is 692 g/mol. The number of fused-ring (bicyclic) bond motifs is 1. The lowest BCUT2D eigenvalue weighted by Crippen LogP contribution is -2.60. The molecule has 6 N–H and O–H groups in total. The van der Waals surface area contributed by atoms with Gasteiger partial charge in [-0.15, -0.1) is 0 Å². The number of hydrazine groups is 1. The van der Waals surface area contributed by atoms with Crippen molar-refractivity contribution in [2.24, 2.45) is 11.1 Å². The van der Waals surface area contributed by atoms with Crippen LogP contribution >= 0.6 is 0 Å². The van der Waals surface area contributed by atoms with Gasteiger partial charge in [-0.3, -0.25) is 20.0 Å². The van der Waals surface area contributed by atoms with E-state index in [1.165, 1.54) is 7.11 Å². The van der Waals surface area contributed by atoms with Crippen molar-refractivity contribution in [2.45, 2.75) is 70.3 Å². The van der Waals surface area contributed by atoms with Crippen LogP contribution in [0.15, 0.2) is 103 Å². The van der Waals surface area contributed by atoms with Crippen molar-refractivity contribution >= 4 is 17.9 Å². The first-order valence-electron chi connectivity index (χ1n) is 17.2. The third-order valence-corrected chi connectivity index (χ3v) is 9.32. The molecule has 1 heterocycles. The maximum absolute atomic E-state index is 14.2. The number of pyridine rings is 1. The number of methoxy groups -OCH3 is 1. The summed E-state index contributed by atoms with van der Waals surface area (Å²) >= 11 is 0. The zero-order valence-corrected chi connectivity index (χ0v) is 29.6.